The van der Waals surface area contributed by atoms with Crippen LogP contribution in [-0.2, 0) is 0 Å². The minimum absolute atomic E-state index is 0.524. The highest BCUT2D eigenvalue weighted by atomic mass is 16.3. The second kappa shape index (κ2) is 11.0. The number of aryl methyl sites for hydroxylation is 1. The highest BCUT2D eigenvalue weighted by Gasteiger charge is 2.08. The summed E-state index contributed by atoms with van der Waals surface area (Å²) < 4.78 is 0. The second-order valence-corrected chi connectivity index (χ2v) is 5.64. The fourth-order valence-electron chi connectivity index (χ4n) is 1.86. The molecule has 0 bridgehead atoms. The normalized spacial score (nSPS) is 12.6. The van der Waals surface area contributed by atoms with Crippen LogP contribution >= 0.6 is 0 Å². The molecule has 0 spiro atoms. The van der Waals surface area contributed by atoms with Gasteiger partial charge in [0.2, 0.25) is 0 Å². The van der Waals surface area contributed by atoms with Crippen molar-refractivity contribution in [3.05, 3.63) is 70.3 Å². The van der Waals surface area contributed by atoms with Crippen molar-refractivity contribution in [3.63, 3.8) is 0 Å². The first kappa shape index (κ1) is 20.4. The number of hydrogen-bond donors (Lipinski definition) is 1. The average Bonchev–Trinajstić information content (AvgIpc) is 2.52. The van der Waals surface area contributed by atoms with Gasteiger partial charge >= 0.3 is 0 Å². The summed E-state index contributed by atoms with van der Waals surface area (Å²) in [5.41, 5.74) is 5.85. The van der Waals surface area contributed by atoms with E-state index < -0.39 is 6.10 Å². The zero-order valence-corrected chi connectivity index (χ0v) is 15.3. The Kier molecular flexibility index (Phi) is 10.2. The van der Waals surface area contributed by atoms with Crippen LogP contribution in [0.15, 0.2) is 59.2 Å². The lowest BCUT2D eigenvalue weighted by Gasteiger charge is -2.11. The Morgan fingerprint density at radius 3 is 2.32 bits per heavy atom. The van der Waals surface area contributed by atoms with E-state index in [1.807, 2.05) is 64.1 Å². The van der Waals surface area contributed by atoms with Gasteiger partial charge in [0.05, 0.1) is 0 Å². The Hall–Kier alpha value is -1.60. The molecule has 0 radical (unpaired) electrons. The molecule has 1 unspecified atom stereocenters. The number of rotatable bonds is 5. The summed E-state index contributed by atoms with van der Waals surface area (Å²) in [6, 6.07) is 8.01. The lowest BCUT2D eigenvalue weighted by Crippen LogP contribution is -1.98. The van der Waals surface area contributed by atoms with Gasteiger partial charge in [-0.2, -0.15) is 0 Å². The quantitative estimate of drug-likeness (QED) is 0.499. The first-order chi connectivity index (χ1) is 10.4. The van der Waals surface area contributed by atoms with Gasteiger partial charge in [0.15, 0.2) is 0 Å². The first-order valence-electron chi connectivity index (χ1n) is 8.12. The lowest BCUT2D eigenvalue weighted by molar-refractivity contribution is 0.215. The van der Waals surface area contributed by atoms with Crippen molar-refractivity contribution in [3.8, 4) is 0 Å². The predicted octanol–water partition coefficient (Wildman–Crippen LogP) is 6.30. The van der Waals surface area contributed by atoms with Gasteiger partial charge in [-0.1, -0.05) is 73.1 Å². The molecule has 1 rings (SSSR count). The lowest BCUT2D eigenvalue weighted by atomic mass is 10.0. The molecule has 0 aliphatic heterocycles. The molecule has 0 aliphatic carbocycles. The topological polar surface area (TPSA) is 20.2 Å². The van der Waals surface area contributed by atoms with Crippen LogP contribution in [0.1, 0.15) is 65.2 Å². The minimum Gasteiger partial charge on any atom is -0.384 e. The van der Waals surface area contributed by atoms with Gasteiger partial charge in [0.25, 0.3) is 0 Å². The van der Waals surface area contributed by atoms with Crippen LogP contribution < -0.4 is 0 Å². The highest BCUT2D eigenvalue weighted by Crippen LogP contribution is 2.21. The van der Waals surface area contributed by atoms with Gasteiger partial charge in [-0.05, 0) is 52.2 Å². The van der Waals surface area contributed by atoms with Gasteiger partial charge in [-0.3, -0.25) is 0 Å². The van der Waals surface area contributed by atoms with E-state index >= 15 is 0 Å². The van der Waals surface area contributed by atoms with Gasteiger partial charge in [0, 0.05) is 0 Å². The van der Waals surface area contributed by atoms with Crippen molar-refractivity contribution >= 4 is 0 Å². The maximum absolute atomic E-state index is 10.3. The molecule has 0 aliphatic rings. The largest absolute Gasteiger partial charge is 0.384 e. The first-order valence-corrected chi connectivity index (χ1v) is 8.12. The third-order valence-electron chi connectivity index (χ3n) is 3.56. The van der Waals surface area contributed by atoms with Crippen molar-refractivity contribution in [2.45, 2.75) is 61.0 Å². The maximum atomic E-state index is 10.3. The van der Waals surface area contributed by atoms with E-state index in [-0.39, 0.29) is 0 Å². The Morgan fingerprint density at radius 2 is 1.77 bits per heavy atom. The summed E-state index contributed by atoms with van der Waals surface area (Å²) in [6.45, 7) is 14.4. The Bertz CT molecular complexity index is 529. The Morgan fingerprint density at radius 1 is 1.14 bits per heavy atom. The Balaban J connectivity index is 0.00000211. The summed E-state index contributed by atoms with van der Waals surface area (Å²) in [4.78, 5) is 0. The molecular formula is C21H32O. The maximum Gasteiger partial charge on any atom is 0.100 e. The molecule has 0 aromatic heterocycles. The molecule has 1 atom stereocenters. The van der Waals surface area contributed by atoms with Crippen molar-refractivity contribution in [2.75, 3.05) is 0 Å². The Labute approximate surface area is 137 Å². The van der Waals surface area contributed by atoms with E-state index in [9.17, 15) is 5.11 Å². The molecule has 1 N–H and O–H groups in total. The van der Waals surface area contributed by atoms with Gasteiger partial charge in [0.1, 0.15) is 6.10 Å². The third-order valence-corrected chi connectivity index (χ3v) is 3.56. The van der Waals surface area contributed by atoms with E-state index in [4.69, 9.17) is 0 Å². The number of allylic oxidation sites excluding steroid dienone is 5. The van der Waals surface area contributed by atoms with Crippen LogP contribution in [0.5, 0.6) is 0 Å². The zero-order valence-electron chi connectivity index (χ0n) is 15.3. The van der Waals surface area contributed by atoms with Gasteiger partial charge < -0.3 is 5.11 Å². The van der Waals surface area contributed by atoms with E-state index in [0.717, 1.165) is 17.6 Å². The minimum atomic E-state index is -0.524. The molecule has 1 aromatic carbocycles. The number of hydrogen-bond acceptors (Lipinski definition) is 1. The van der Waals surface area contributed by atoms with Crippen molar-refractivity contribution in [1.82, 2.24) is 0 Å². The molecule has 0 amide bonds. The summed E-state index contributed by atoms with van der Waals surface area (Å²) in [7, 11) is 0. The van der Waals surface area contributed by atoms with Crippen LogP contribution in [0.25, 0.3) is 0 Å². The fourth-order valence-corrected chi connectivity index (χ4v) is 1.86. The third kappa shape index (κ3) is 7.42. The summed E-state index contributed by atoms with van der Waals surface area (Å²) >= 11 is 0. The van der Waals surface area contributed by atoms with Crippen LogP contribution in [0.3, 0.4) is 0 Å². The standard InChI is InChI=1S/C19H26O.C2H6/c1-14(2)16(4)10-6-7-11-17(5)19(20)18-12-8-9-15(3)13-18;1-2/h6-9,11-13,19-20H,10H2,1-5H3;1-2H3/b7-6-,17-11+;. The summed E-state index contributed by atoms with van der Waals surface area (Å²) in [5.74, 6) is 0. The monoisotopic (exact) mass is 300 g/mol. The van der Waals surface area contributed by atoms with Crippen LogP contribution in [0, 0.1) is 6.92 Å². The molecule has 0 fully saturated rings. The average molecular weight is 300 g/mol. The van der Waals surface area contributed by atoms with Crippen molar-refractivity contribution < 1.29 is 5.11 Å². The second-order valence-electron chi connectivity index (χ2n) is 5.64. The van der Waals surface area contributed by atoms with Crippen LogP contribution in [-0.4, -0.2) is 5.11 Å². The molecule has 1 heteroatoms. The van der Waals surface area contributed by atoms with Crippen molar-refractivity contribution in [2.24, 2.45) is 0 Å². The molecule has 0 saturated carbocycles. The smallest absolute Gasteiger partial charge is 0.100 e. The fraction of sp³-hybridized carbons (Fsp3) is 0.429. The molecule has 122 valence electrons. The molecule has 22 heavy (non-hydrogen) atoms. The van der Waals surface area contributed by atoms with E-state index in [0.29, 0.717) is 0 Å². The number of aliphatic hydroxyl groups excluding tert-OH is 1. The number of aliphatic hydroxyl groups is 1. The molecular weight excluding hydrogens is 268 g/mol. The predicted molar refractivity (Wildman–Crippen MR) is 99.0 cm³/mol. The molecule has 1 nitrogen and oxygen atoms in total. The highest BCUT2D eigenvalue weighted by molar-refractivity contribution is 5.30. The van der Waals surface area contributed by atoms with Gasteiger partial charge in [-0.25, -0.2) is 0 Å². The number of benzene rings is 1. The molecule has 0 saturated heterocycles. The van der Waals surface area contributed by atoms with Crippen LogP contribution in [0.2, 0.25) is 0 Å². The SMILES string of the molecule is CC.CC(C)=C(C)C/C=C\C=C(/C)C(O)c1cccc(C)c1. The van der Waals surface area contributed by atoms with E-state index in [2.05, 4.69) is 26.8 Å². The van der Waals surface area contributed by atoms with Gasteiger partial charge in [-0.15, -0.1) is 0 Å². The summed E-state index contributed by atoms with van der Waals surface area (Å²) in [6.07, 6.45) is 6.59. The van der Waals surface area contributed by atoms with Crippen molar-refractivity contribution in [1.29, 1.82) is 0 Å². The van der Waals surface area contributed by atoms with Crippen LogP contribution in [0.4, 0.5) is 0 Å². The zero-order chi connectivity index (χ0) is 17.1. The molecule has 1 aromatic rings. The van der Waals surface area contributed by atoms with E-state index in [1.54, 1.807) is 0 Å². The molecule has 0 heterocycles. The summed E-state index contributed by atoms with van der Waals surface area (Å²) in [5, 5.41) is 10.3. The van der Waals surface area contributed by atoms with E-state index in [1.165, 1.54) is 16.7 Å².